The van der Waals surface area contributed by atoms with Gasteiger partial charge in [0.2, 0.25) is 0 Å². The van der Waals surface area contributed by atoms with Crippen LogP contribution < -0.4 is 20.7 Å². The van der Waals surface area contributed by atoms with E-state index in [0.717, 1.165) is 89.0 Å². The van der Waals surface area contributed by atoms with E-state index < -0.39 is 8.07 Å². The Morgan fingerprint density at radius 1 is 0.136 bits per heavy atom. The highest BCUT2D eigenvalue weighted by molar-refractivity contribution is 7.19. The molecule has 0 amide bonds. The maximum atomic E-state index is 3.34. The Morgan fingerprint density at radius 2 is 0.272 bits per heavy atom. The van der Waals surface area contributed by atoms with Crippen LogP contribution in [0.3, 0.4) is 0 Å². The third-order valence-electron chi connectivity index (χ3n) is 14.6. The van der Waals surface area contributed by atoms with Crippen molar-refractivity contribution in [1.82, 2.24) is 0 Å². The highest BCUT2D eigenvalue weighted by Gasteiger charge is 2.41. The summed E-state index contributed by atoms with van der Waals surface area (Å²) in [6, 6.07) is 112. The Hall–Kier alpha value is -10.9. The smallest absolute Gasteiger partial charge is 0.0622 e. The Labute approximate surface area is 477 Å². The van der Waals surface area contributed by atoms with Crippen LogP contribution in [-0.4, -0.2) is 8.07 Å². The second-order valence-corrected chi connectivity index (χ2v) is 23.6. The summed E-state index contributed by atoms with van der Waals surface area (Å²) in [4.78, 5) is 0. The van der Waals surface area contributed by atoms with E-state index in [4.69, 9.17) is 0 Å². The molecule has 376 valence electrons. The molecule has 0 N–H and O–H groups in total. The summed E-state index contributed by atoms with van der Waals surface area (Å²) >= 11 is 0. The molecule has 12 aromatic carbocycles. The fourth-order valence-electron chi connectivity index (χ4n) is 10.3. The molecule has 0 bridgehead atoms. The summed E-state index contributed by atoms with van der Waals surface area (Å²) in [5.41, 5.74) is 17.1. The van der Waals surface area contributed by atoms with Gasteiger partial charge < -0.3 is 0 Å². The Balaban J connectivity index is 0.943. The Bertz CT molecular complexity index is 3750. The lowest BCUT2D eigenvalue weighted by Gasteiger charge is -2.35. The van der Waals surface area contributed by atoms with Gasteiger partial charge in [0, 0.05) is 44.5 Å². The molecule has 1 heteroatoms. The first kappa shape index (κ1) is 50.9. The van der Waals surface area contributed by atoms with Crippen LogP contribution in [0.25, 0.3) is 44.5 Å². The van der Waals surface area contributed by atoms with E-state index in [1.54, 1.807) is 0 Å². The molecule has 0 aliphatic carbocycles. The van der Waals surface area contributed by atoms with Crippen LogP contribution >= 0.6 is 0 Å². The van der Waals surface area contributed by atoms with E-state index in [1.807, 2.05) is 121 Å². The van der Waals surface area contributed by atoms with Gasteiger partial charge in [0.1, 0.15) is 0 Å². The van der Waals surface area contributed by atoms with Crippen LogP contribution in [0, 0.1) is 47.4 Å². The van der Waals surface area contributed by atoms with Crippen LogP contribution in [0.15, 0.2) is 315 Å². The molecule has 12 rings (SSSR count). The van der Waals surface area contributed by atoms with Gasteiger partial charge >= 0.3 is 0 Å². The molecule has 12 aromatic rings. The van der Waals surface area contributed by atoms with Gasteiger partial charge in [-0.15, -0.1) is 0 Å². The van der Waals surface area contributed by atoms with Crippen molar-refractivity contribution >= 4 is 28.8 Å². The van der Waals surface area contributed by atoms with Crippen LogP contribution in [-0.2, 0) is 0 Å². The van der Waals surface area contributed by atoms with Crippen molar-refractivity contribution in [3.8, 4) is 91.9 Å². The van der Waals surface area contributed by atoms with Crippen molar-refractivity contribution in [2.45, 2.75) is 0 Å². The third kappa shape index (κ3) is 12.0. The molecular weight excluding hydrogens is 989 g/mol. The molecular formula is C80H52Si. The second-order valence-electron chi connectivity index (χ2n) is 19.8. The van der Waals surface area contributed by atoms with E-state index in [2.05, 4.69) is 241 Å². The maximum absolute atomic E-state index is 3.34. The van der Waals surface area contributed by atoms with E-state index >= 15 is 0 Å². The van der Waals surface area contributed by atoms with Crippen LogP contribution in [0.5, 0.6) is 0 Å². The van der Waals surface area contributed by atoms with Gasteiger partial charge in [0.15, 0.2) is 8.07 Å². The average molecular weight is 1040 g/mol. The molecule has 0 fully saturated rings. The van der Waals surface area contributed by atoms with E-state index in [1.165, 1.54) is 20.7 Å². The molecule has 0 radical (unpaired) electrons. The lowest BCUT2D eigenvalue weighted by molar-refractivity contribution is 1.58. The SMILES string of the molecule is C(#Cc1ccc(-c2ccc([Si](c3ccc(-c4ccc(C#Cc5ccccc5)cc4)cc3)(c3ccc(-c4ccc(C#Cc5ccccc5)cc4)cc3)c3ccc(-c4ccc(C#Cc5ccccc5)cc4)cc3)cc2)cc1)c1ccccc1. The van der Waals surface area contributed by atoms with Crippen molar-refractivity contribution in [3.05, 3.63) is 360 Å². The number of hydrogen-bond acceptors (Lipinski definition) is 0. The van der Waals surface area contributed by atoms with Crippen LogP contribution in [0.4, 0.5) is 0 Å². The summed E-state index contributed by atoms with van der Waals surface area (Å²) < 4.78 is 0. The Morgan fingerprint density at radius 3 is 0.432 bits per heavy atom. The zero-order chi connectivity index (χ0) is 54.5. The lowest BCUT2D eigenvalue weighted by Crippen LogP contribution is -2.74. The highest BCUT2D eigenvalue weighted by atomic mass is 28.3. The predicted molar refractivity (Wildman–Crippen MR) is 341 cm³/mol. The monoisotopic (exact) mass is 1040 g/mol. The lowest BCUT2D eigenvalue weighted by atomic mass is 10.0. The van der Waals surface area contributed by atoms with Crippen LogP contribution in [0.2, 0.25) is 0 Å². The fraction of sp³-hybridized carbons (Fsp3) is 0. The number of rotatable bonds is 8. The van der Waals surface area contributed by atoms with Gasteiger partial charge in [-0.25, -0.2) is 0 Å². The first-order chi connectivity index (χ1) is 40.1. The molecule has 0 aromatic heterocycles. The molecule has 0 atom stereocenters. The Kier molecular flexibility index (Phi) is 15.2. The number of benzene rings is 12. The third-order valence-corrected chi connectivity index (χ3v) is 19.4. The molecule has 0 nitrogen and oxygen atoms in total. The molecule has 81 heavy (non-hydrogen) atoms. The normalized spacial score (nSPS) is 10.6. The number of hydrogen-bond donors (Lipinski definition) is 0. The molecule has 0 saturated carbocycles. The molecule has 0 aliphatic heterocycles. The summed E-state index contributed by atoms with van der Waals surface area (Å²) in [5, 5.41) is 5.14. The minimum Gasteiger partial charge on any atom is -0.0622 e. The maximum Gasteiger partial charge on any atom is 0.179 e. The molecule has 0 heterocycles. The van der Waals surface area contributed by atoms with Crippen molar-refractivity contribution in [2.24, 2.45) is 0 Å². The molecule has 0 spiro atoms. The van der Waals surface area contributed by atoms with Gasteiger partial charge in [0.25, 0.3) is 0 Å². The minimum atomic E-state index is -3.08. The topological polar surface area (TPSA) is 0 Å². The quantitative estimate of drug-likeness (QED) is 0.0808. The van der Waals surface area contributed by atoms with Gasteiger partial charge in [0.05, 0.1) is 0 Å². The van der Waals surface area contributed by atoms with Gasteiger partial charge in [-0.1, -0.05) is 266 Å². The molecule has 0 aliphatic rings. The fourth-order valence-corrected chi connectivity index (χ4v) is 15.0. The zero-order valence-corrected chi connectivity index (χ0v) is 45.5. The van der Waals surface area contributed by atoms with Gasteiger partial charge in [-0.05, 0) is 162 Å². The van der Waals surface area contributed by atoms with Crippen molar-refractivity contribution in [2.75, 3.05) is 0 Å². The highest BCUT2D eigenvalue weighted by Crippen LogP contribution is 2.26. The summed E-state index contributed by atoms with van der Waals surface area (Å²) in [5.74, 6) is 26.6. The van der Waals surface area contributed by atoms with Gasteiger partial charge in [-0.3, -0.25) is 0 Å². The van der Waals surface area contributed by atoms with Gasteiger partial charge in [-0.2, -0.15) is 0 Å². The van der Waals surface area contributed by atoms with Crippen molar-refractivity contribution in [1.29, 1.82) is 0 Å². The zero-order valence-electron chi connectivity index (χ0n) is 44.5. The predicted octanol–water partition coefficient (Wildman–Crippen LogP) is 15.3. The standard InChI is InChI=1S/C80H52Si/c1-5-13-61(14-6-1)21-25-65-29-37-69(38-30-65)73-45-53-77(54-46-73)81(78-55-47-74(48-56-78)70-39-31-66(32-40-70)26-22-62-15-7-2-8-16-62,79-57-49-75(50-58-79)71-41-33-67(34-42-71)27-23-63-17-9-3-10-18-63)80-59-51-76(52-60-80)72-43-35-68(36-44-72)28-24-64-19-11-4-12-20-64/h1-20,29-60H. The molecule has 0 unspecified atom stereocenters. The average Bonchev–Trinajstić information content (AvgIpc) is 3.57. The first-order valence-corrected chi connectivity index (χ1v) is 29.2. The summed E-state index contributed by atoms with van der Waals surface area (Å²) in [6.07, 6.45) is 0. The van der Waals surface area contributed by atoms with E-state index in [-0.39, 0.29) is 0 Å². The van der Waals surface area contributed by atoms with Crippen LogP contribution in [0.1, 0.15) is 44.5 Å². The van der Waals surface area contributed by atoms with E-state index in [0.29, 0.717) is 0 Å². The minimum absolute atomic E-state index is 0.981. The van der Waals surface area contributed by atoms with E-state index in [9.17, 15) is 0 Å². The second kappa shape index (κ2) is 24.2. The first-order valence-electron chi connectivity index (χ1n) is 27.2. The van der Waals surface area contributed by atoms with Crippen molar-refractivity contribution < 1.29 is 0 Å². The molecule has 0 saturated heterocycles. The van der Waals surface area contributed by atoms with Crippen molar-refractivity contribution in [3.63, 3.8) is 0 Å². The largest absolute Gasteiger partial charge is 0.179 e. The summed E-state index contributed by atoms with van der Waals surface area (Å²) in [6.45, 7) is 0. The summed E-state index contributed by atoms with van der Waals surface area (Å²) in [7, 11) is -3.08.